The van der Waals surface area contributed by atoms with E-state index in [2.05, 4.69) is 16.3 Å². The smallest absolute Gasteiger partial charge is 0.238 e. The van der Waals surface area contributed by atoms with E-state index in [0.717, 1.165) is 32.8 Å². The third kappa shape index (κ3) is 6.92. The van der Waals surface area contributed by atoms with Crippen molar-refractivity contribution in [1.29, 1.82) is 5.26 Å². The van der Waals surface area contributed by atoms with Gasteiger partial charge in [-0.1, -0.05) is 34.8 Å². The highest BCUT2D eigenvalue weighted by Gasteiger charge is 2.16. The van der Waals surface area contributed by atoms with Crippen molar-refractivity contribution in [2.75, 3.05) is 57.8 Å². The van der Waals surface area contributed by atoms with Crippen LogP contribution in [0, 0.1) is 11.3 Å². The van der Waals surface area contributed by atoms with Crippen molar-refractivity contribution in [2.45, 2.75) is 6.42 Å². The first-order valence-electron chi connectivity index (χ1n) is 8.33. The SMILES string of the molecule is N#CCCN(CCN1CCOCC1)CC(=O)Nc1cc(Cl)c(Cl)cc1Cl. The van der Waals surface area contributed by atoms with Crippen LogP contribution in [0.2, 0.25) is 15.1 Å². The highest BCUT2D eigenvalue weighted by atomic mass is 35.5. The number of ether oxygens (including phenoxy) is 1. The average Bonchev–Trinajstić information content (AvgIpc) is 2.62. The lowest BCUT2D eigenvalue weighted by molar-refractivity contribution is -0.117. The van der Waals surface area contributed by atoms with Crippen LogP contribution in [0.5, 0.6) is 0 Å². The second-order valence-corrected chi connectivity index (χ2v) is 7.15. The molecule has 0 atom stereocenters. The zero-order valence-corrected chi connectivity index (χ0v) is 16.6. The molecule has 1 N–H and O–H groups in total. The second-order valence-electron chi connectivity index (χ2n) is 5.93. The number of nitrogens with zero attached hydrogens (tertiary/aromatic N) is 3. The maximum absolute atomic E-state index is 12.4. The molecule has 1 fully saturated rings. The van der Waals surface area contributed by atoms with Crippen molar-refractivity contribution < 1.29 is 9.53 Å². The Labute approximate surface area is 168 Å². The summed E-state index contributed by atoms with van der Waals surface area (Å²) in [6.45, 7) is 5.46. The van der Waals surface area contributed by atoms with Gasteiger partial charge in [0.15, 0.2) is 0 Å². The van der Waals surface area contributed by atoms with Crippen LogP contribution in [0.4, 0.5) is 5.69 Å². The van der Waals surface area contributed by atoms with Gasteiger partial charge < -0.3 is 10.1 Å². The van der Waals surface area contributed by atoms with E-state index in [1.165, 1.54) is 12.1 Å². The number of morpholine rings is 1. The Hall–Kier alpha value is -1.07. The molecule has 0 unspecified atom stereocenters. The summed E-state index contributed by atoms with van der Waals surface area (Å²) in [5.74, 6) is -0.217. The number of rotatable bonds is 8. The largest absolute Gasteiger partial charge is 0.379 e. The van der Waals surface area contributed by atoms with Crippen molar-refractivity contribution in [2.24, 2.45) is 0 Å². The molecule has 1 amide bonds. The quantitative estimate of drug-likeness (QED) is 0.656. The summed E-state index contributed by atoms with van der Waals surface area (Å²) in [4.78, 5) is 16.6. The summed E-state index contributed by atoms with van der Waals surface area (Å²) >= 11 is 18.0. The van der Waals surface area contributed by atoms with Crippen molar-refractivity contribution in [3.05, 3.63) is 27.2 Å². The van der Waals surface area contributed by atoms with Gasteiger partial charge in [-0.3, -0.25) is 14.6 Å². The van der Waals surface area contributed by atoms with Gasteiger partial charge in [0, 0.05) is 39.1 Å². The molecule has 0 aromatic heterocycles. The number of anilines is 1. The summed E-state index contributed by atoms with van der Waals surface area (Å²) in [5, 5.41) is 12.6. The maximum Gasteiger partial charge on any atom is 0.238 e. The van der Waals surface area contributed by atoms with E-state index in [1.807, 2.05) is 4.90 Å². The summed E-state index contributed by atoms with van der Waals surface area (Å²) < 4.78 is 5.34. The molecule has 2 rings (SSSR count). The third-order valence-electron chi connectivity index (χ3n) is 4.03. The van der Waals surface area contributed by atoms with Gasteiger partial charge >= 0.3 is 0 Å². The molecule has 26 heavy (non-hydrogen) atoms. The van der Waals surface area contributed by atoms with E-state index in [-0.39, 0.29) is 12.5 Å². The fourth-order valence-corrected chi connectivity index (χ4v) is 3.19. The fourth-order valence-electron chi connectivity index (χ4n) is 2.60. The minimum absolute atomic E-state index is 0.169. The molecule has 0 bridgehead atoms. The predicted octanol–water partition coefficient (Wildman–Crippen LogP) is 3.13. The molecule has 1 aromatic carbocycles. The molecule has 6 nitrogen and oxygen atoms in total. The second kappa shape index (κ2) is 10.9. The molecule has 0 spiro atoms. The average molecular weight is 420 g/mol. The van der Waals surface area contributed by atoms with Crippen molar-refractivity contribution >= 4 is 46.4 Å². The lowest BCUT2D eigenvalue weighted by atomic mass is 10.3. The van der Waals surface area contributed by atoms with Crippen LogP contribution >= 0.6 is 34.8 Å². The van der Waals surface area contributed by atoms with E-state index in [4.69, 9.17) is 44.8 Å². The van der Waals surface area contributed by atoms with E-state index in [9.17, 15) is 4.79 Å². The number of hydrogen-bond acceptors (Lipinski definition) is 5. The molecule has 1 saturated heterocycles. The highest BCUT2D eigenvalue weighted by molar-refractivity contribution is 6.44. The molecule has 0 aliphatic carbocycles. The van der Waals surface area contributed by atoms with Gasteiger partial charge in [0.1, 0.15) is 0 Å². The normalized spacial score (nSPS) is 15.0. The predicted molar refractivity (Wildman–Crippen MR) is 104 cm³/mol. The number of amides is 1. The van der Waals surface area contributed by atoms with Gasteiger partial charge in [-0.2, -0.15) is 5.26 Å². The van der Waals surface area contributed by atoms with Gasteiger partial charge in [-0.25, -0.2) is 0 Å². The summed E-state index contributed by atoms with van der Waals surface area (Å²) in [6, 6.07) is 5.14. The van der Waals surface area contributed by atoms with Gasteiger partial charge in [-0.05, 0) is 12.1 Å². The van der Waals surface area contributed by atoms with E-state index in [0.29, 0.717) is 40.3 Å². The van der Waals surface area contributed by atoms with E-state index < -0.39 is 0 Å². The number of benzene rings is 1. The fraction of sp³-hybridized carbons (Fsp3) is 0.529. The van der Waals surface area contributed by atoms with Crippen LogP contribution in [-0.4, -0.2) is 68.2 Å². The molecule has 142 valence electrons. The summed E-state index contributed by atoms with van der Waals surface area (Å²) in [6.07, 6.45) is 0.365. The van der Waals surface area contributed by atoms with Gasteiger partial charge in [0.25, 0.3) is 0 Å². The highest BCUT2D eigenvalue weighted by Crippen LogP contribution is 2.32. The topological polar surface area (TPSA) is 68.6 Å². The number of hydrogen-bond donors (Lipinski definition) is 1. The molecule has 9 heteroatoms. The van der Waals surface area contributed by atoms with Crippen molar-refractivity contribution in [3.63, 3.8) is 0 Å². The standard InChI is InChI=1S/C17H21Cl3N4O2/c18-13-10-15(20)16(11-14(13)19)22-17(25)12-24(3-1-2-21)5-4-23-6-8-26-9-7-23/h10-11H,1,3-9,12H2,(H,22,25). The molecular weight excluding hydrogens is 399 g/mol. The minimum Gasteiger partial charge on any atom is -0.379 e. The third-order valence-corrected chi connectivity index (χ3v) is 5.06. The summed E-state index contributed by atoms with van der Waals surface area (Å²) in [7, 11) is 0. The van der Waals surface area contributed by atoms with Gasteiger partial charge in [0.2, 0.25) is 5.91 Å². The number of carbonyl (C=O) groups is 1. The molecule has 1 aromatic rings. The summed E-state index contributed by atoms with van der Waals surface area (Å²) in [5.41, 5.74) is 0.416. The van der Waals surface area contributed by atoms with Crippen LogP contribution in [-0.2, 0) is 9.53 Å². The van der Waals surface area contributed by atoms with Crippen LogP contribution < -0.4 is 5.32 Å². The van der Waals surface area contributed by atoms with E-state index >= 15 is 0 Å². The van der Waals surface area contributed by atoms with Crippen molar-refractivity contribution in [1.82, 2.24) is 9.80 Å². The molecule has 1 aliphatic heterocycles. The minimum atomic E-state index is -0.217. The van der Waals surface area contributed by atoms with Crippen LogP contribution in [0.25, 0.3) is 0 Å². The van der Waals surface area contributed by atoms with Gasteiger partial charge in [0.05, 0.1) is 46.6 Å². The Balaban J connectivity index is 1.90. The number of halogens is 3. The first-order chi connectivity index (χ1) is 12.5. The molecular formula is C17H21Cl3N4O2. The molecule has 0 saturated carbocycles. The Morgan fingerprint density at radius 3 is 2.58 bits per heavy atom. The number of carbonyl (C=O) groups excluding carboxylic acids is 1. The monoisotopic (exact) mass is 418 g/mol. The number of nitrogens with one attached hydrogen (secondary N) is 1. The lowest BCUT2D eigenvalue weighted by Crippen LogP contribution is -2.43. The van der Waals surface area contributed by atoms with E-state index in [1.54, 1.807) is 0 Å². The first kappa shape index (κ1) is 21.2. The van der Waals surface area contributed by atoms with Crippen LogP contribution in [0.1, 0.15) is 6.42 Å². The van der Waals surface area contributed by atoms with Crippen molar-refractivity contribution in [3.8, 4) is 6.07 Å². The lowest BCUT2D eigenvalue weighted by Gasteiger charge is -2.29. The Morgan fingerprint density at radius 2 is 1.88 bits per heavy atom. The number of nitriles is 1. The molecule has 1 heterocycles. The van der Waals surface area contributed by atoms with Crippen LogP contribution in [0.3, 0.4) is 0 Å². The zero-order chi connectivity index (χ0) is 18.9. The maximum atomic E-state index is 12.4. The zero-order valence-electron chi connectivity index (χ0n) is 14.3. The first-order valence-corrected chi connectivity index (χ1v) is 9.47. The molecule has 1 aliphatic rings. The van der Waals surface area contributed by atoms with Gasteiger partial charge in [-0.15, -0.1) is 0 Å². The Bertz CT molecular complexity index is 660. The van der Waals surface area contributed by atoms with Crippen LogP contribution in [0.15, 0.2) is 12.1 Å². The Morgan fingerprint density at radius 1 is 1.19 bits per heavy atom. The Kier molecular flexibility index (Phi) is 8.93. The molecule has 0 radical (unpaired) electrons.